The molecular weight excluding hydrogens is 272 g/mol. The van der Waals surface area contributed by atoms with Crippen LogP contribution >= 0.6 is 12.4 Å². The van der Waals surface area contributed by atoms with E-state index in [1.165, 1.54) is 11.1 Å². The number of carbonyl (C=O) groups excluding carboxylic acids is 1. The second kappa shape index (κ2) is 8.28. The zero-order chi connectivity index (χ0) is 13.7. The second-order valence-corrected chi connectivity index (χ2v) is 5.65. The van der Waals surface area contributed by atoms with Gasteiger partial charge in [-0.1, -0.05) is 36.2 Å². The number of amides is 1. The van der Waals surface area contributed by atoms with Crippen LogP contribution in [0.15, 0.2) is 24.3 Å². The molecule has 1 aromatic rings. The molecule has 1 saturated carbocycles. The van der Waals surface area contributed by atoms with E-state index >= 15 is 0 Å². The first kappa shape index (κ1) is 17.0. The number of nitrogens with two attached hydrogens (primary N) is 1. The van der Waals surface area contributed by atoms with Crippen molar-refractivity contribution in [2.24, 2.45) is 11.7 Å². The van der Waals surface area contributed by atoms with Crippen LogP contribution in [0.1, 0.15) is 36.8 Å². The van der Waals surface area contributed by atoms with Gasteiger partial charge in [0.1, 0.15) is 0 Å². The topological polar surface area (TPSA) is 55.1 Å². The Bertz CT molecular complexity index is 436. The fraction of sp³-hybridized carbons (Fsp3) is 0.562. The van der Waals surface area contributed by atoms with E-state index in [1.807, 2.05) is 0 Å². The van der Waals surface area contributed by atoms with Gasteiger partial charge in [0.05, 0.1) is 0 Å². The molecule has 0 saturated heterocycles. The maximum absolute atomic E-state index is 12.0. The Morgan fingerprint density at radius 3 is 2.90 bits per heavy atom. The molecule has 2 rings (SSSR count). The quantitative estimate of drug-likeness (QED) is 0.897. The average Bonchev–Trinajstić information content (AvgIpc) is 2.38. The van der Waals surface area contributed by atoms with Crippen molar-refractivity contribution >= 4 is 18.3 Å². The summed E-state index contributed by atoms with van der Waals surface area (Å²) in [7, 11) is 0. The molecule has 0 heterocycles. The van der Waals surface area contributed by atoms with Crippen LogP contribution in [0, 0.1) is 12.8 Å². The van der Waals surface area contributed by atoms with Crippen LogP contribution in [0.25, 0.3) is 0 Å². The summed E-state index contributed by atoms with van der Waals surface area (Å²) in [4.78, 5) is 12.0. The van der Waals surface area contributed by atoms with E-state index in [0.29, 0.717) is 6.54 Å². The Morgan fingerprint density at radius 1 is 1.40 bits per heavy atom. The lowest BCUT2D eigenvalue weighted by molar-refractivity contribution is -0.126. The van der Waals surface area contributed by atoms with Crippen molar-refractivity contribution in [3.8, 4) is 0 Å². The standard InChI is InChI=1S/C16H24N2O.ClH/c1-12-4-2-5-13(10-12)8-9-18-16(19)14-6-3-7-15(17)11-14;/h2,4-5,10,14-15H,3,6-9,11,17H2,1H3,(H,18,19);1H. The fourth-order valence-electron chi connectivity index (χ4n) is 2.81. The SMILES string of the molecule is Cc1cccc(CCNC(=O)C2CCCC(N)C2)c1.Cl. The molecule has 0 bridgehead atoms. The molecule has 1 amide bonds. The first-order valence-electron chi connectivity index (χ1n) is 7.24. The molecule has 1 fully saturated rings. The van der Waals surface area contributed by atoms with Crippen molar-refractivity contribution in [2.75, 3.05) is 6.54 Å². The lowest BCUT2D eigenvalue weighted by Crippen LogP contribution is -2.38. The molecule has 3 nitrogen and oxygen atoms in total. The van der Waals surface area contributed by atoms with Gasteiger partial charge in [0.2, 0.25) is 5.91 Å². The molecule has 112 valence electrons. The number of benzene rings is 1. The van der Waals surface area contributed by atoms with Gasteiger partial charge in [-0.25, -0.2) is 0 Å². The van der Waals surface area contributed by atoms with Crippen molar-refractivity contribution in [1.29, 1.82) is 0 Å². The van der Waals surface area contributed by atoms with Gasteiger partial charge in [-0.2, -0.15) is 0 Å². The highest BCUT2D eigenvalue weighted by molar-refractivity contribution is 5.85. The summed E-state index contributed by atoms with van der Waals surface area (Å²) in [6, 6.07) is 8.64. The van der Waals surface area contributed by atoms with Crippen molar-refractivity contribution in [3.63, 3.8) is 0 Å². The lowest BCUT2D eigenvalue weighted by Gasteiger charge is -2.25. The largest absolute Gasteiger partial charge is 0.356 e. The minimum absolute atomic E-state index is 0. The summed E-state index contributed by atoms with van der Waals surface area (Å²) in [6.45, 7) is 2.81. The van der Waals surface area contributed by atoms with Gasteiger partial charge in [-0.15, -0.1) is 12.4 Å². The van der Waals surface area contributed by atoms with Crippen molar-refractivity contribution in [1.82, 2.24) is 5.32 Å². The lowest BCUT2D eigenvalue weighted by atomic mass is 9.85. The predicted molar refractivity (Wildman–Crippen MR) is 85.1 cm³/mol. The normalized spacial score (nSPS) is 21.9. The van der Waals surface area contributed by atoms with Gasteiger partial charge < -0.3 is 11.1 Å². The van der Waals surface area contributed by atoms with Crippen LogP contribution in [-0.2, 0) is 11.2 Å². The molecular formula is C16H25ClN2O. The summed E-state index contributed by atoms with van der Waals surface area (Å²) < 4.78 is 0. The molecule has 3 N–H and O–H groups in total. The molecule has 0 aromatic heterocycles. The summed E-state index contributed by atoms with van der Waals surface area (Å²) >= 11 is 0. The zero-order valence-electron chi connectivity index (χ0n) is 12.1. The van der Waals surface area contributed by atoms with E-state index in [4.69, 9.17) is 5.73 Å². The number of aryl methyl sites for hydroxylation is 1. The van der Waals surface area contributed by atoms with E-state index in [0.717, 1.165) is 32.1 Å². The smallest absolute Gasteiger partial charge is 0.223 e. The number of nitrogens with one attached hydrogen (secondary N) is 1. The zero-order valence-corrected chi connectivity index (χ0v) is 12.9. The Kier molecular flexibility index (Phi) is 7.03. The van der Waals surface area contributed by atoms with Crippen LogP contribution in [0.5, 0.6) is 0 Å². The third kappa shape index (κ3) is 5.14. The number of halogens is 1. The maximum Gasteiger partial charge on any atom is 0.223 e. The van der Waals surface area contributed by atoms with Gasteiger partial charge >= 0.3 is 0 Å². The van der Waals surface area contributed by atoms with E-state index in [-0.39, 0.29) is 30.3 Å². The van der Waals surface area contributed by atoms with Gasteiger partial charge in [0.15, 0.2) is 0 Å². The number of carbonyl (C=O) groups is 1. The van der Waals surface area contributed by atoms with Gasteiger partial charge in [-0.05, 0) is 38.2 Å². The molecule has 2 atom stereocenters. The minimum Gasteiger partial charge on any atom is -0.356 e. The van der Waals surface area contributed by atoms with Crippen LogP contribution < -0.4 is 11.1 Å². The molecule has 1 aliphatic carbocycles. The Balaban J connectivity index is 0.00000200. The molecule has 0 radical (unpaired) electrons. The third-order valence-corrected chi connectivity index (χ3v) is 3.88. The second-order valence-electron chi connectivity index (χ2n) is 5.65. The summed E-state index contributed by atoms with van der Waals surface area (Å²) in [5, 5.41) is 3.05. The highest BCUT2D eigenvalue weighted by Crippen LogP contribution is 2.23. The van der Waals surface area contributed by atoms with Gasteiger partial charge in [0.25, 0.3) is 0 Å². The average molecular weight is 297 g/mol. The first-order chi connectivity index (χ1) is 9.15. The van der Waals surface area contributed by atoms with Crippen LogP contribution in [0.2, 0.25) is 0 Å². The molecule has 1 aliphatic rings. The summed E-state index contributed by atoms with van der Waals surface area (Å²) in [6.07, 6.45) is 4.87. The number of hydrogen-bond donors (Lipinski definition) is 2. The Hall–Kier alpha value is -1.06. The Labute approximate surface area is 127 Å². The summed E-state index contributed by atoms with van der Waals surface area (Å²) in [5.41, 5.74) is 8.46. The summed E-state index contributed by atoms with van der Waals surface area (Å²) in [5.74, 6) is 0.309. The molecule has 0 aliphatic heterocycles. The highest BCUT2D eigenvalue weighted by atomic mass is 35.5. The van der Waals surface area contributed by atoms with Crippen LogP contribution in [0.4, 0.5) is 0 Å². The van der Waals surface area contributed by atoms with Crippen LogP contribution in [0.3, 0.4) is 0 Å². The molecule has 1 aromatic carbocycles. The van der Waals surface area contributed by atoms with E-state index in [2.05, 4.69) is 36.5 Å². The highest BCUT2D eigenvalue weighted by Gasteiger charge is 2.24. The van der Waals surface area contributed by atoms with E-state index in [9.17, 15) is 4.79 Å². The molecule has 20 heavy (non-hydrogen) atoms. The molecule has 4 heteroatoms. The fourth-order valence-corrected chi connectivity index (χ4v) is 2.81. The Morgan fingerprint density at radius 2 is 2.20 bits per heavy atom. The molecule has 2 unspecified atom stereocenters. The number of rotatable bonds is 4. The van der Waals surface area contributed by atoms with Crippen LogP contribution in [-0.4, -0.2) is 18.5 Å². The first-order valence-corrected chi connectivity index (χ1v) is 7.24. The van der Waals surface area contributed by atoms with Gasteiger partial charge in [0, 0.05) is 18.5 Å². The minimum atomic E-state index is 0. The van der Waals surface area contributed by atoms with E-state index in [1.54, 1.807) is 0 Å². The third-order valence-electron chi connectivity index (χ3n) is 3.88. The molecule has 0 spiro atoms. The van der Waals surface area contributed by atoms with E-state index < -0.39 is 0 Å². The maximum atomic E-state index is 12.0. The van der Waals surface area contributed by atoms with Crippen molar-refractivity contribution in [2.45, 2.75) is 45.1 Å². The van der Waals surface area contributed by atoms with Gasteiger partial charge in [-0.3, -0.25) is 4.79 Å². The van der Waals surface area contributed by atoms with Crippen molar-refractivity contribution in [3.05, 3.63) is 35.4 Å². The van der Waals surface area contributed by atoms with Crippen molar-refractivity contribution < 1.29 is 4.79 Å². The number of hydrogen-bond acceptors (Lipinski definition) is 2. The predicted octanol–water partition coefficient (Wildman–Crippen LogP) is 2.59. The monoisotopic (exact) mass is 296 g/mol.